The number of hydrazine groups is 1. The smallest absolute Gasteiger partial charge is 0.131 e. The number of nitrogens with zero attached hydrogens (tertiary/aromatic N) is 4. The number of fused-ring (bicyclic) bond motifs is 1. The number of pyridine rings is 1. The number of aryl methyl sites for hydroxylation is 2. The molecule has 3 fully saturated rings. The molecule has 0 aliphatic carbocycles. The Morgan fingerprint density at radius 2 is 2.17 bits per heavy atom. The molecule has 4 unspecified atom stereocenters. The lowest BCUT2D eigenvalue weighted by atomic mass is 9.82. The minimum atomic E-state index is 0.207. The molecule has 5 atom stereocenters. The maximum Gasteiger partial charge on any atom is 0.131 e. The van der Waals surface area contributed by atoms with Crippen LogP contribution in [0.1, 0.15) is 55.1 Å². The summed E-state index contributed by atoms with van der Waals surface area (Å²) in [7, 11) is 0. The summed E-state index contributed by atoms with van der Waals surface area (Å²) in [6, 6.07) is 5.60. The molecule has 2 aromatic rings. The Hall–Kier alpha value is -2.00. The van der Waals surface area contributed by atoms with Crippen molar-refractivity contribution in [3.8, 4) is 0 Å². The van der Waals surface area contributed by atoms with E-state index < -0.39 is 0 Å². The van der Waals surface area contributed by atoms with Crippen molar-refractivity contribution in [2.75, 3.05) is 24.5 Å². The molecule has 0 spiro atoms. The summed E-state index contributed by atoms with van der Waals surface area (Å²) in [6.07, 6.45) is 7.48. The second kappa shape index (κ2) is 8.26. The van der Waals surface area contributed by atoms with Crippen LogP contribution in [0.15, 0.2) is 24.5 Å². The van der Waals surface area contributed by atoms with Gasteiger partial charge >= 0.3 is 0 Å². The van der Waals surface area contributed by atoms with Gasteiger partial charge in [0.05, 0.1) is 17.9 Å². The number of piperidine rings is 2. The Labute approximate surface area is 178 Å². The summed E-state index contributed by atoms with van der Waals surface area (Å²) in [4.78, 5) is 7.52. The van der Waals surface area contributed by atoms with Gasteiger partial charge in [-0.3, -0.25) is 10.1 Å². The van der Waals surface area contributed by atoms with Crippen LogP contribution in [0.4, 0.5) is 5.82 Å². The maximum atomic E-state index is 6.24. The van der Waals surface area contributed by atoms with Gasteiger partial charge in [0, 0.05) is 62.0 Å². The lowest BCUT2D eigenvalue weighted by Crippen LogP contribution is -2.46. The van der Waals surface area contributed by atoms with E-state index in [1.807, 2.05) is 10.9 Å². The van der Waals surface area contributed by atoms with Gasteiger partial charge in [0.25, 0.3) is 0 Å². The van der Waals surface area contributed by atoms with Crippen molar-refractivity contribution < 1.29 is 0 Å². The van der Waals surface area contributed by atoms with Crippen LogP contribution in [0.3, 0.4) is 0 Å². The Balaban J connectivity index is 1.37. The Bertz CT molecular complexity index is 880. The third-order valence-corrected chi connectivity index (χ3v) is 7.01. The third kappa shape index (κ3) is 3.73. The summed E-state index contributed by atoms with van der Waals surface area (Å²) in [5.74, 6) is 1.58. The molecule has 3 saturated heterocycles. The van der Waals surface area contributed by atoms with Gasteiger partial charge in [0.1, 0.15) is 5.82 Å². The van der Waals surface area contributed by atoms with Gasteiger partial charge in [0.2, 0.25) is 0 Å². The Kier molecular flexibility index (Phi) is 5.49. The molecule has 0 saturated carbocycles. The van der Waals surface area contributed by atoms with Crippen LogP contribution in [0, 0.1) is 12.8 Å². The molecule has 0 radical (unpaired) electrons. The van der Waals surface area contributed by atoms with E-state index in [1.54, 1.807) is 0 Å². The van der Waals surface area contributed by atoms with Crippen molar-refractivity contribution in [2.24, 2.45) is 11.7 Å². The van der Waals surface area contributed by atoms with Gasteiger partial charge in [-0.05, 0) is 44.7 Å². The third-order valence-electron chi connectivity index (χ3n) is 7.01. The normalized spacial score (nSPS) is 31.7. The van der Waals surface area contributed by atoms with Crippen molar-refractivity contribution in [1.29, 1.82) is 0 Å². The van der Waals surface area contributed by atoms with Crippen LogP contribution in [-0.4, -0.2) is 46.5 Å². The van der Waals surface area contributed by atoms with Gasteiger partial charge in [-0.25, -0.2) is 10.4 Å². The quantitative estimate of drug-likeness (QED) is 0.605. The molecule has 3 aliphatic rings. The van der Waals surface area contributed by atoms with Crippen LogP contribution in [0.2, 0.25) is 0 Å². The first-order chi connectivity index (χ1) is 14.6. The molecular formula is C22H34N8. The molecule has 0 aromatic carbocycles. The number of nitrogens with two attached hydrogens (primary N) is 1. The molecule has 162 valence electrons. The fourth-order valence-corrected chi connectivity index (χ4v) is 5.28. The van der Waals surface area contributed by atoms with Crippen molar-refractivity contribution in [2.45, 2.75) is 63.8 Å². The second-order valence-corrected chi connectivity index (χ2v) is 9.09. The summed E-state index contributed by atoms with van der Waals surface area (Å²) in [5, 5.41) is 8.16. The van der Waals surface area contributed by atoms with Gasteiger partial charge in [-0.2, -0.15) is 5.10 Å². The summed E-state index contributed by atoms with van der Waals surface area (Å²) in [6.45, 7) is 8.06. The van der Waals surface area contributed by atoms with E-state index in [1.165, 1.54) is 11.1 Å². The first-order valence-corrected chi connectivity index (χ1v) is 11.4. The van der Waals surface area contributed by atoms with Crippen LogP contribution >= 0.6 is 0 Å². The standard InChI is InChI=1S/C22H34N8/c1-3-30-12-15(10-25-30)19-9-17-20(11-24-19)27-28-21(17)18-7-6-14(2)22(26-18)29-8-4-5-16(23)13-29/h6-7,10,12,16-17,19-21,24,27-28H,3-5,8-9,11,13,23H2,1-2H3/t16-,17?,19?,20?,21?/m0/s1. The van der Waals surface area contributed by atoms with E-state index in [-0.39, 0.29) is 12.1 Å². The number of rotatable bonds is 4. The fraction of sp³-hybridized carbons (Fsp3) is 0.636. The van der Waals surface area contributed by atoms with Crippen molar-refractivity contribution in [3.05, 3.63) is 41.3 Å². The molecule has 5 rings (SSSR count). The summed E-state index contributed by atoms with van der Waals surface area (Å²) < 4.78 is 2.00. The van der Waals surface area contributed by atoms with E-state index >= 15 is 0 Å². The van der Waals surface area contributed by atoms with Crippen LogP contribution in [0.25, 0.3) is 0 Å². The number of hydrogen-bond acceptors (Lipinski definition) is 7. The zero-order chi connectivity index (χ0) is 20.7. The van der Waals surface area contributed by atoms with Crippen molar-refractivity contribution in [3.63, 3.8) is 0 Å². The zero-order valence-electron chi connectivity index (χ0n) is 18.0. The first-order valence-electron chi connectivity index (χ1n) is 11.4. The molecule has 5 heterocycles. The van der Waals surface area contributed by atoms with E-state index in [4.69, 9.17) is 10.7 Å². The number of aromatic nitrogens is 3. The molecule has 8 heteroatoms. The predicted molar refractivity (Wildman–Crippen MR) is 118 cm³/mol. The zero-order valence-corrected chi connectivity index (χ0v) is 18.0. The summed E-state index contributed by atoms with van der Waals surface area (Å²) in [5.41, 5.74) is 16.9. The largest absolute Gasteiger partial charge is 0.355 e. The number of nitrogens with one attached hydrogen (secondary N) is 3. The molecule has 0 bridgehead atoms. The highest BCUT2D eigenvalue weighted by atomic mass is 15.4. The monoisotopic (exact) mass is 410 g/mol. The van der Waals surface area contributed by atoms with Gasteiger partial charge < -0.3 is 16.0 Å². The van der Waals surface area contributed by atoms with Gasteiger partial charge in [-0.15, -0.1) is 0 Å². The molecule has 3 aliphatic heterocycles. The summed E-state index contributed by atoms with van der Waals surface area (Å²) >= 11 is 0. The molecule has 2 aromatic heterocycles. The van der Waals surface area contributed by atoms with Gasteiger partial charge in [0.15, 0.2) is 0 Å². The molecule has 8 nitrogen and oxygen atoms in total. The SMILES string of the molecule is CCn1cc(C2CC3C(CN2)NNC3c2ccc(C)c(N3CCC[C@H](N)C3)n2)cn1. The van der Waals surface area contributed by atoms with E-state index in [2.05, 4.69) is 58.3 Å². The average molecular weight is 411 g/mol. The number of anilines is 1. The van der Waals surface area contributed by atoms with Crippen molar-refractivity contribution in [1.82, 2.24) is 30.9 Å². The number of hydrogen-bond donors (Lipinski definition) is 4. The van der Waals surface area contributed by atoms with Crippen LogP contribution in [-0.2, 0) is 6.54 Å². The molecule has 0 amide bonds. The highest BCUT2D eigenvalue weighted by molar-refractivity contribution is 5.48. The van der Waals surface area contributed by atoms with Crippen LogP contribution < -0.4 is 26.8 Å². The maximum absolute atomic E-state index is 6.24. The Morgan fingerprint density at radius 3 is 2.97 bits per heavy atom. The van der Waals surface area contributed by atoms with Crippen LogP contribution in [0.5, 0.6) is 0 Å². The minimum absolute atomic E-state index is 0.207. The second-order valence-electron chi connectivity index (χ2n) is 9.09. The lowest BCUT2D eigenvalue weighted by molar-refractivity contribution is 0.265. The first kappa shape index (κ1) is 19.9. The lowest BCUT2D eigenvalue weighted by Gasteiger charge is -2.35. The van der Waals surface area contributed by atoms with E-state index in [0.717, 1.165) is 57.0 Å². The predicted octanol–water partition coefficient (Wildman–Crippen LogP) is 1.40. The average Bonchev–Trinajstić information content (AvgIpc) is 3.41. The van der Waals surface area contributed by atoms with E-state index in [0.29, 0.717) is 18.0 Å². The highest BCUT2D eigenvalue weighted by Gasteiger charge is 2.42. The van der Waals surface area contributed by atoms with Gasteiger partial charge in [-0.1, -0.05) is 6.07 Å². The highest BCUT2D eigenvalue weighted by Crippen LogP contribution is 2.38. The van der Waals surface area contributed by atoms with Crippen molar-refractivity contribution >= 4 is 5.82 Å². The molecular weight excluding hydrogens is 376 g/mol. The topological polar surface area (TPSA) is 96.1 Å². The molecule has 5 N–H and O–H groups in total. The molecule has 30 heavy (non-hydrogen) atoms. The van der Waals surface area contributed by atoms with E-state index in [9.17, 15) is 0 Å². The minimum Gasteiger partial charge on any atom is -0.355 e. The fourth-order valence-electron chi connectivity index (χ4n) is 5.28. The Morgan fingerprint density at radius 1 is 1.27 bits per heavy atom.